The van der Waals surface area contributed by atoms with Crippen LogP contribution < -0.4 is 0 Å². The molecular weight excluding hydrogens is 608 g/mol. The van der Waals surface area contributed by atoms with E-state index in [1.807, 2.05) is 6.92 Å². The van der Waals surface area contributed by atoms with E-state index in [0.717, 1.165) is 74.8 Å². The molecule has 0 saturated carbocycles. The number of aromatic nitrogens is 4. The largest absolute Gasteiger partial charge is 0.469 e. The first-order chi connectivity index (χ1) is 22.9. The monoisotopic (exact) mass is 658 g/mol. The van der Waals surface area contributed by atoms with Crippen LogP contribution in [0.4, 0.5) is 0 Å². The molecular formula is C38H50N4O6. The molecule has 4 N–H and O–H groups in total. The zero-order valence-corrected chi connectivity index (χ0v) is 29.9. The molecule has 1 atom stereocenters. The predicted molar refractivity (Wildman–Crippen MR) is 184 cm³/mol. The second kappa shape index (κ2) is 14.3. The smallest absolute Gasteiger partial charge is 0.305 e. The van der Waals surface area contributed by atoms with E-state index in [2.05, 4.69) is 54.6 Å². The van der Waals surface area contributed by atoms with Gasteiger partial charge in [-0.25, -0.2) is 0 Å². The Balaban J connectivity index is 1.78. The molecule has 0 fully saturated rings. The van der Waals surface area contributed by atoms with Crippen LogP contribution in [0.2, 0.25) is 0 Å². The molecule has 0 amide bonds. The van der Waals surface area contributed by atoms with Crippen LogP contribution in [-0.2, 0) is 73.5 Å². The summed E-state index contributed by atoms with van der Waals surface area (Å²) in [5, 5.41) is 0. The summed E-state index contributed by atoms with van der Waals surface area (Å²) in [6.07, 6.45) is 4.33. The van der Waals surface area contributed by atoms with Crippen molar-refractivity contribution in [1.82, 2.24) is 19.9 Å². The van der Waals surface area contributed by atoms with Gasteiger partial charge in [-0.05, 0) is 97.9 Å². The van der Waals surface area contributed by atoms with E-state index in [1.165, 1.54) is 49.2 Å². The van der Waals surface area contributed by atoms with Crippen LogP contribution in [0.5, 0.6) is 0 Å². The van der Waals surface area contributed by atoms with E-state index in [9.17, 15) is 14.4 Å². The predicted octanol–water partition coefficient (Wildman–Crippen LogP) is 6.31. The van der Waals surface area contributed by atoms with Crippen LogP contribution in [0.25, 0.3) is 0 Å². The van der Waals surface area contributed by atoms with Gasteiger partial charge in [0.1, 0.15) is 0 Å². The molecule has 4 aromatic heterocycles. The topological polar surface area (TPSA) is 142 Å². The van der Waals surface area contributed by atoms with Crippen LogP contribution >= 0.6 is 0 Å². The third kappa shape index (κ3) is 6.62. The number of hydrogen-bond donors (Lipinski definition) is 4. The summed E-state index contributed by atoms with van der Waals surface area (Å²) < 4.78 is 16.2. The maximum absolute atomic E-state index is 12.7. The Morgan fingerprint density at radius 3 is 1.54 bits per heavy atom. The summed E-state index contributed by atoms with van der Waals surface area (Å²) in [6.45, 7) is 14.2. The highest BCUT2D eigenvalue weighted by atomic mass is 16.5. The van der Waals surface area contributed by atoms with Gasteiger partial charge in [0.05, 0.1) is 25.6 Å². The Bertz CT molecular complexity index is 1850. The minimum Gasteiger partial charge on any atom is -0.469 e. The number of esters is 3. The van der Waals surface area contributed by atoms with Gasteiger partial charge in [-0.1, -0.05) is 13.8 Å². The molecule has 0 radical (unpaired) electrons. The number of hydrogen-bond acceptors (Lipinski definition) is 6. The number of nitrogens with one attached hydrogen (secondary N) is 4. The lowest BCUT2D eigenvalue weighted by atomic mass is 9.96. The third-order valence-corrected chi connectivity index (χ3v) is 10.4. The highest BCUT2D eigenvalue weighted by Gasteiger charge is 2.31. The number of rotatable bonds is 9. The molecule has 1 unspecified atom stereocenters. The number of carbonyl (C=O) groups is 3. The molecule has 48 heavy (non-hydrogen) atoms. The molecule has 10 nitrogen and oxygen atoms in total. The minimum absolute atomic E-state index is 0.212. The van der Waals surface area contributed by atoms with E-state index in [-0.39, 0.29) is 30.7 Å². The quantitative estimate of drug-likeness (QED) is 0.123. The average Bonchev–Trinajstić information content (AvgIpc) is 3.73. The van der Waals surface area contributed by atoms with Gasteiger partial charge in [0.25, 0.3) is 0 Å². The van der Waals surface area contributed by atoms with Gasteiger partial charge in [-0.15, -0.1) is 0 Å². The van der Waals surface area contributed by atoms with Crippen LogP contribution in [-0.4, -0.2) is 52.1 Å². The van der Waals surface area contributed by atoms with E-state index < -0.39 is 6.10 Å². The van der Waals surface area contributed by atoms with Gasteiger partial charge >= 0.3 is 17.9 Å². The Morgan fingerprint density at radius 1 is 0.583 bits per heavy atom. The lowest BCUT2D eigenvalue weighted by Gasteiger charge is -2.18. The van der Waals surface area contributed by atoms with Crippen LogP contribution in [0, 0.1) is 27.7 Å². The Hall–Kier alpha value is -4.47. The van der Waals surface area contributed by atoms with Crippen molar-refractivity contribution in [1.29, 1.82) is 0 Å². The molecule has 258 valence electrons. The Kier molecular flexibility index (Phi) is 10.4. The first-order valence-electron chi connectivity index (χ1n) is 17.0. The summed E-state index contributed by atoms with van der Waals surface area (Å²) in [5.41, 5.74) is 17.1. The van der Waals surface area contributed by atoms with E-state index in [0.29, 0.717) is 32.1 Å². The molecule has 1 aliphatic heterocycles. The number of fused-ring (bicyclic) bond motifs is 8. The van der Waals surface area contributed by atoms with Crippen molar-refractivity contribution in [2.75, 3.05) is 14.2 Å². The van der Waals surface area contributed by atoms with Crippen molar-refractivity contribution in [3.05, 3.63) is 90.1 Å². The van der Waals surface area contributed by atoms with Gasteiger partial charge in [0.2, 0.25) is 0 Å². The zero-order valence-electron chi connectivity index (χ0n) is 29.9. The van der Waals surface area contributed by atoms with Gasteiger partial charge in [-0.2, -0.15) is 0 Å². The molecule has 5 heterocycles. The number of carbonyl (C=O) groups excluding carboxylic acids is 3. The fraction of sp³-hybridized carbons (Fsp3) is 0.500. The molecule has 4 aromatic rings. The second-order valence-corrected chi connectivity index (χ2v) is 13.0. The summed E-state index contributed by atoms with van der Waals surface area (Å²) in [5.74, 6) is -0.934. The van der Waals surface area contributed by atoms with Crippen molar-refractivity contribution in [2.24, 2.45) is 0 Å². The molecule has 0 spiro atoms. The van der Waals surface area contributed by atoms with Gasteiger partial charge in [0, 0.05) is 73.2 Å². The summed E-state index contributed by atoms with van der Waals surface area (Å²) in [4.78, 5) is 52.3. The maximum Gasteiger partial charge on any atom is 0.305 e. The zero-order chi connectivity index (χ0) is 34.9. The second-order valence-electron chi connectivity index (χ2n) is 13.0. The molecule has 10 heteroatoms. The third-order valence-electron chi connectivity index (χ3n) is 10.4. The number of H-pyrrole nitrogens is 4. The Labute approximate surface area is 282 Å². The highest BCUT2D eigenvalue weighted by Crippen LogP contribution is 2.38. The lowest BCUT2D eigenvalue weighted by molar-refractivity contribution is -0.145. The van der Waals surface area contributed by atoms with Gasteiger partial charge in [0.15, 0.2) is 6.10 Å². The van der Waals surface area contributed by atoms with Crippen molar-refractivity contribution in [3.63, 3.8) is 0 Å². The van der Waals surface area contributed by atoms with Crippen molar-refractivity contribution in [2.45, 2.75) is 112 Å². The fourth-order valence-electron chi connectivity index (χ4n) is 7.65. The summed E-state index contributed by atoms with van der Waals surface area (Å²) in [7, 11) is 2.81. The van der Waals surface area contributed by atoms with Crippen LogP contribution in [0.3, 0.4) is 0 Å². The molecule has 0 saturated heterocycles. The molecule has 5 rings (SSSR count). The van der Waals surface area contributed by atoms with E-state index in [1.54, 1.807) is 0 Å². The standard InChI is InChI=1S/C38H50N4O6/c1-10-24-19(3)28-16-29-21(5)26(12-14-34(44)46-8)32(40-29)18-33-27(13-15-35(45)47-9)22(6)36(42-33)38(48-23(7)43)37-25(11-2)20(4)30(41-37)17-31(24)39-28/h38-42H,10-18H2,1-9H3. The SMILES string of the molecule is CCc1c2[nH]c(c1C)Cc1[nH]c(c(CCC(=O)OC)c1C)Cc1[nH]c(c(C)c1CCC(=O)OC)C(OC(C)=O)c1[nH]c(c(C)c1CC)C2. The van der Waals surface area contributed by atoms with Crippen LogP contribution in [0.15, 0.2) is 0 Å². The van der Waals surface area contributed by atoms with Gasteiger partial charge in [-0.3, -0.25) is 14.4 Å². The first-order valence-corrected chi connectivity index (χ1v) is 17.0. The summed E-state index contributed by atoms with van der Waals surface area (Å²) in [6, 6.07) is 0. The van der Waals surface area contributed by atoms with Gasteiger partial charge < -0.3 is 34.1 Å². The normalized spacial score (nSPS) is 14.2. The lowest BCUT2D eigenvalue weighted by Crippen LogP contribution is -2.14. The molecule has 8 bridgehead atoms. The number of ether oxygens (including phenoxy) is 3. The highest BCUT2D eigenvalue weighted by molar-refractivity contribution is 5.70. The van der Waals surface area contributed by atoms with E-state index >= 15 is 0 Å². The fourth-order valence-corrected chi connectivity index (χ4v) is 7.65. The maximum atomic E-state index is 12.7. The molecule has 0 aromatic carbocycles. The molecule has 1 aliphatic rings. The summed E-state index contributed by atoms with van der Waals surface area (Å²) >= 11 is 0. The molecule has 0 aliphatic carbocycles. The number of aromatic amines is 4. The van der Waals surface area contributed by atoms with Crippen molar-refractivity contribution in [3.8, 4) is 0 Å². The van der Waals surface area contributed by atoms with Crippen molar-refractivity contribution >= 4 is 17.9 Å². The van der Waals surface area contributed by atoms with Crippen molar-refractivity contribution < 1.29 is 28.6 Å². The Morgan fingerprint density at radius 2 is 1.00 bits per heavy atom. The van der Waals surface area contributed by atoms with Crippen LogP contribution in [0.1, 0.15) is 130 Å². The van der Waals surface area contributed by atoms with E-state index in [4.69, 9.17) is 14.2 Å². The average molecular weight is 659 g/mol. The minimum atomic E-state index is -0.699. The first kappa shape index (κ1) is 34.9. The number of methoxy groups -OCH3 is 2.